The van der Waals surface area contributed by atoms with Crippen molar-refractivity contribution < 1.29 is 24.5 Å². The van der Waals surface area contributed by atoms with Crippen LogP contribution in [0.1, 0.15) is 27.7 Å². The Labute approximate surface area is 129 Å². The first kappa shape index (κ1) is 28.2. The van der Waals surface area contributed by atoms with Gasteiger partial charge in [-0.2, -0.15) is 0 Å². The number of carbonyl (C=O) groups excluding carboxylic acids is 2. The number of rotatable bonds is 4. The Balaban J connectivity index is -0.000000109. The number of likely N-dealkylation sites (N-methyl/N-ethyl adjacent to an activating group) is 1. The lowest BCUT2D eigenvalue weighted by atomic mass is 10.1. The maximum atomic E-state index is 10.8. The molecular weight excluding hydrogens is 276 g/mol. The number of carbonyl (C=O) groups is 2. The highest BCUT2D eigenvalue weighted by molar-refractivity contribution is 5.78. The van der Waals surface area contributed by atoms with Crippen molar-refractivity contribution in [1.29, 1.82) is 0 Å². The van der Waals surface area contributed by atoms with Crippen LogP contribution < -0.4 is 10.6 Å². The quantitative estimate of drug-likeness (QED) is 0.536. The Morgan fingerprint density at radius 1 is 1.38 bits per heavy atom. The topological polar surface area (TPSA) is 108 Å². The molecule has 21 heavy (non-hydrogen) atoms. The van der Waals surface area contributed by atoms with Crippen molar-refractivity contribution in [1.82, 2.24) is 10.6 Å². The highest BCUT2D eigenvalue weighted by Crippen LogP contribution is 2.11. The highest BCUT2D eigenvalue weighted by atomic mass is 16.5. The van der Waals surface area contributed by atoms with Crippen LogP contribution in [-0.4, -0.2) is 69.5 Å². The number of aldehydes is 1. The third-order valence-corrected chi connectivity index (χ3v) is 2.28. The van der Waals surface area contributed by atoms with Crippen molar-refractivity contribution >= 4 is 12.2 Å². The minimum Gasteiger partial charge on any atom is -0.400 e. The standard InChI is InChI=1S/C6H11NO2.C4H9NO2.C2H6.CH4O.CH4/c1-7-6(8)5-2-3-9-4-5;1-5-4(2-6)3-7;2*1-2;/h5H,2-4H2,1H3,(H,7,8);2,4-5,7H,3H2,1H3;1-2H3;2H,1H3;1H4/t5-;4-;;;/m11.../s1. The van der Waals surface area contributed by atoms with Crippen molar-refractivity contribution in [2.24, 2.45) is 5.92 Å². The number of aliphatic hydroxyl groups is 2. The predicted octanol–water partition coefficient (Wildman–Crippen LogP) is -0.195. The maximum Gasteiger partial charge on any atom is 0.225 e. The van der Waals surface area contributed by atoms with E-state index in [2.05, 4.69) is 10.6 Å². The molecule has 0 aromatic rings. The molecule has 0 bridgehead atoms. The molecule has 4 N–H and O–H groups in total. The summed E-state index contributed by atoms with van der Waals surface area (Å²) >= 11 is 0. The first-order valence-electron chi connectivity index (χ1n) is 6.67. The second-order valence-corrected chi connectivity index (χ2v) is 3.39. The molecule has 0 saturated carbocycles. The molecule has 130 valence electrons. The summed E-state index contributed by atoms with van der Waals surface area (Å²) in [6.45, 7) is 5.21. The van der Waals surface area contributed by atoms with Crippen LogP contribution >= 0.6 is 0 Å². The van der Waals surface area contributed by atoms with E-state index in [0.717, 1.165) is 20.1 Å². The van der Waals surface area contributed by atoms with E-state index in [4.69, 9.17) is 14.9 Å². The van der Waals surface area contributed by atoms with Gasteiger partial charge < -0.3 is 30.4 Å². The molecule has 1 aliphatic heterocycles. The van der Waals surface area contributed by atoms with E-state index >= 15 is 0 Å². The first-order chi connectivity index (χ1) is 9.69. The van der Waals surface area contributed by atoms with E-state index in [9.17, 15) is 9.59 Å². The molecule has 1 heterocycles. The summed E-state index contributed by atoms with van der Waals surface area (Å²) < 4.78 is 5.02. The summed E-state index contributed by atoms with van der Waals surface area (Å²) in [5.41, 5.74) is 0. The van der Waals surface area contributed by atoms with E-state index < -0.39 is 0 Å². The molecule has 7 nitrogen and oxygen atoms in total. The fourth-order valence-corrected chi connectivity index (χ4v) is 1.15. The van der Waals surface area contributed by atoms with Crippen molar-refractivity contribution in [3.8, 4) is 0 Å². The molecule has 1 rings (SSSR count). The number of ether oxygens (including phenoxy) is 1. The molecule has 0 unspecified atom stereocenters. The van der Waals surface area contributed by atoms with Crippen LogP contribution in [-0.2, 0) is 14.3 Å². The lowest BCUT2D eigenvalue weighted by Crippen LogP contribution is -2.29. The van der Waals surface area contributed by atoms with E-state index in [1.807, 2.05) is 13.8 Å². The van der Waals surface area contributed by atoms with Crippen LogP contribution in [0.3, 0.4) is 0 Å². The van der Waals surface area contributed by atoms with Gasteiger partial charge in [-0.15, -0.1) is 0 Å². The summed E-state index contributed by atoms with van der Waals surface area (Å²) in [4.78, 5) is 20.6. The molecule has 1 fully saturated rings. The fourth-order valence-electron chi connectivity index (χ4n) is 1.15. The maximum absolute atomic E-state index is 10.8. The molecule has 0 radical (unpaired) electrons. The van der Waals surface area contributed by atoms with E-state index in [0.29, 0.717) is 12.9 Å². The van der Waals surface area contributed by atoms with E-state index in [1.54, 1.807) is 14.1 Å². The summed E-state index contributed by atoms with van der Waals surface area (Å²) in [6, 6.07) is -0.389. The molecule has 1 aliphatic rings. The molecule has 0 aromatic carbocycles. The van der Waals surface area contributed by atoms with Gasteiger partial charge >= 0.3 is 0 Å². The third kappa shape index (κ3) is 16.9. The molecule has 0 spiro atoms. The van der Waals surface area contributed by atoms with Crippen molar-refractivity contribution in [2.75, 3.05) is 41.0 Å². The van der Waals surface area contributed by atoms with Crippen molar-refractivity contribution in [3.63, 3.8) is 0 Å². The zero-order valence-electron chi connectivity index (χ0n) is 13.2. The lowest BCUT2D eigenvalue weighted by Gasteiger charge is -2.02. The Morgan fingerprint density at radius 2 is 1.90 bits per heavy atom. The molecule has 0 aromatic heterocycles. The largest absolute Gasteiger partial charge is 0.400 e. The molecule has 1 saturated heterocycles. The lowest BCUT2D eigenvalue weighted by molar-refractivity contribution is -0.124. The van der Waals surface area contributed by atoms with Crippen LogP contribution in [0.15, 0.2) is 0 Å². The smallest absolute Gasteiger partial charge is 0.225 e. The number of hydrogen-bond acceptors (Lipinski definition) is 6. The molecule has 0 aliphatic carbocycles. The first-order valence-corrected chi connectivity index (χ1v) is 6.67. The summed E-state index contributed by atoms with van der Waals surface area (Å²) in [6.07, 6.45) is 1.54. The molecule has 1 amide bonds. The van der Waals surface area contributed by atoms with Gasteiger partial charge in [-0.1, -0.05) is 21.3 Å². The van der Waals surface area contributed by atoms with Crippen LogP contribution in [0.5, 0.6) is 0 Å². The Kier molecular flexibility index (Phi) is 32.3. The van der Waals surface area contributed by atoms with Gasteiger partial charge in [0.15, 0.2) is 0 Å². The van der Waals surface area contributed by atoms with Crippen LogP contribution in [0, 0.1) is 5.92 Å². The highest BCUT2D eigenvalue weighted by Gasteiger charge is 2.21. The predicted molar refractivity (Wildman–Crippen MR) is 85.2 cm³/mol. The Bertz CT molecular complexity index is 206. The zero-order valence-corrected chi connectivity index (χ0v) is 13.2. The van der Waals surface area contributed by atoms with Crippen LogP contribution in [0.25, 0.3) is 0 Å². The second kappa shape index (κ2) is 24.0. The summed E-state index contributed by atoms with van der Waals surface area (Å²) in [5, 5.41) is 20.4. The van der Waals surface area contributed by atoms with Gasteiger partial charge in [0.2, 0.25) is 5.91 Å². The van der Waals surface area contributed by atoms with E-state index in [-0.39, 0.29) is 31.9 Å². The van der Waals surface area contributed by atoms with Gasteiger partial charge in [0.05, 0.1) is 25.2 Å². The molecule has 7 heteroatoms. The van der Waals surface area contributed by atoms with Gasteiger partial charge in [-0.25, -0.2) is 0 Å². The summed E-state index contributed by atoms with van der Waals surface area (Å²) in [7, 11) is 4.27. The Morgan fingerprint density at radius 3 is 2.10 bits per heavy atom. The average molecular weight is 310 g/mol. The van der Waals surface area contributed by atoms with Crippen molar-refractivity contribution in [2.45, 2.75) is 33.7 Å². The summed E-state index contributed by atoms with van der Waals surface area (Å²) in [5.74, 6) is 0.211. The monoisotopic (exact) mass is 310 g/mol. The minimum atomic E-state index is -0.389. The SMILES string of the molecule is C.CC.CNC(=O)[C@@H]1CCOC1.CN[C@H](C=O)CO.CO. The number of nitrogens with one attached hydrogen (secondary N) is 2. The van der Waals surface area contributed by atoms with Gasteiger partial charge in [-0.05, 0) is 13.5 Å². The molecule has 2 atom stereocenters. The number of aliphatic hydroxyl groups excluding tert-OH is 2. The Hall–Kier alpha value is -1.02. The zero-order chi connectivity index (χ0) is 16.4. The van der Waals surface area contributed by atoms with Crippen LogP contribution in [0.2, 0.25) is 0 Å². The van der Waals surface area contributed by atoms with E-state index in [1.165, 1.54) is 0 Å². The minimum absolute atomic E-state index is 0. The third-order valence-electron chi connectivity index (χ3n) is 2.28. The number of hydrogen-bond donors (Lipinski definition) is 4. The second-order valence-electron chi connectivity index (χ2n) is 3.39. The van der Waals surface area contributed by atoms with Gasteiger partial charge in [-0.3, -0.25) is 4.79 Å². The normalized spacial score (nSPS) is 16.2. The number of amides is 1. The van der Waals surface area contributed by atoms with Gasteiger partial charge in [0.25, 0.3) is 0 Å². The van der Waals surface area contributed by atoms with Gasteiger partial charge in [0.1, 0.15) is 6.29 Å². The average Bonchev–Trinajstić information content (AvgIpc) is 3.07. The van der Waals surface area contributed by atoms with Crippen LogP contribution in [0.4, 0.5) is 0 Å². The molecular formula is C14H34N2O5. The fraction of sp³-hybridized carbons (Fsp3) is 0.857. The van der Waals surface area contributed by atoms with Crippen molar-refractivity contribution in [3.05, 3.63) is 0 Å². The van der Waals surface area contributed by atoms with Gasteiger partial charge in [0, 0.05) is 20.8 Å².